The highest BCUT2D eigenvalue weighted by Gasteiger charge is 2.50. The lowest BCUT2D eigenvalue weighted by Crippen LogP contribution is -2.65. The van der Waals surface area contributed by atoms with E-state index in [9.17, 15) is 4.79 Å². The minimum absolute atomic E-state index is 0.0523. The highest BCUT2D eigenvalue weighted by atomic mass is 35.5. The molecule has 0 bridgehead atoms. The van der Waals surface area contributed by atoms with Gasteiger partial charge >= 0.3 is 0 Å². The molecule has 3 aliphatic rings. The molecule has 0 unspecified atom stereocenters. The maximum atomic E-state index is 15.7. The van der Waals surface area contributed by atoms with Crippen LogP contribution in [0.1, 0.15) is 27.2 Å². The number of hydrogen-bond acceptors (Lipinski definition) is 6. The Labute approximate surface area is 182 Å². The molecule has 10 heteroatoms. The van der Waals surface area contributed by atoms with Gasteiger partial charge in [-0.2, -0.15) is 0 Å². The molecule has 8 nitrogen and oxygen atoms in total. The normalized spacial score (nSPS) is 18.6. The zero-order chi connectivity index (χ0) is 21.3. The molecule has 1 fully saturated rings. The molecule has 158 valence electrons. The number of anilines is 2. The van der Waals surface area contributed by atoms with Crippen LogP contribution in [-0.4, -0.2) is 57.4 Å². The number of amides is 1. The van der Waals surface area contributed by atoms with E-state index in [0.29, 0.717) is 42.0 Å². The summed E-state index contributed by atoms with van der Waals surface area (Å²) in [4.78, 5) is 30.6. The summed E-state index contributed by atoms with van der Waals surface area (Å²) >= 11 is 5.84. The zero-order valence-electron chi connectivity index (χ0n) is 16.7. The van der Waals surface area contributed by atoms with E-state index in [1.165, 1.54) is 6.20 Å². The van der Waals surface area contributed by atoms with Crippen LogP contribution in [0.25, 0.3) is 11.3 Å². The molecule has 3 aromatic rings. The first kappa shape index (κ1) is 18.7. The van der Waals surface area contributed by atoms with E-state index >= 15 is 4.39 Å². The maximum absolute atomic E-state index is 15.7. The lowest BCUT2D eigenvalue weighted by Gasteiger charge is -2.50. The third kappa shape index (κ3) is 2.69. The maximum Gasteiger partial charge on any atom is 0.253 e. The number of fused-ring (bicyclic) bond motifs is 6. The molecule has 0 saturated carbocycles. The van der Waals surface area contributed by atoms with E-state index in [-0.39, 0.29) is 22.4 Å². The standard InChI is InChI=1S/C21H19ClFN7O/c1-30-8-21(9-30)7-26-19(31)14-11-3-2-10-6-25-18(27-12-4-5-24-20(22)28-12)15(23)13(10)16(11)29-17(14)21/h4-6,29H,2-3,7-9H2,1H3,(H,26,31)(H,24,25,27,28). The first-order valence-electron chi connectivity index (χ1n) is 10.1. The van der Waals surface area contributed by atoms with E-state index in [0.717, 1.165) is 29.9 Å². The van der Waals surface area contributed by atoms with Crippen LogP contribution in [-0.2, 0) is 18.3 Å². The Morgan fingerprint density at radius 1 is 1.26 bits per heavy atom. The fourth-order valence-corrected chi connectivity index (χ4v) is 5.34. The third-order valence-corrected chi connectivity index (χ3v) is 6.64. The molecule has 0 atom stereocenters. The monoisotopic (exact) mass is 439 g/mol. The molecule has 0 aromatic carbocycles. The van der Waals surface area contributed by atoms with Crippen molar-refractivity contribution in [1.29, 1.82) is 0 Å². The first-order valence-corrected chi connectivity index (χ1v) is 10.5. The molecule has 31 heavy (non-hydrogen) atoms. The summed E-state index contributed by atoms with van der Waals surface area (Å²) in [5, 5.41) is 5.99. The van der Waals surface area contributed by atoms with Crippen LogP contribution >= 0.6 is 11.6 Å². The van der Waals surface area contributed by atoms with Crippen LogP contribution in [0.15, 0.2) is 18.5 Å². The Kier molecular flexibility index (Phi) is 3.91. The topological polar surface area (TPSA) is 98.8 Å². The predicted octanol–water partition coefficient (Wildman–Crippen LogP) is 2.43. The molecule has 1 aliphatic carbocycles. The van der Waals surface area contributed by atoms with E-state index in [1.54, 1.807) is 12.3 Å². The summed E-state index contributed by atoms with van der Waals surface area (Å²) in [5.41, 5.74) is 4.32. The van der Waals surface area contributed by atoms with Gasteiger partial charge < -0.3 is 20.5 Å². The van der Waals surface area contributed by atoms with Gasteiger partial charge in [-0.25, -0.2) is 19.3 Å². The molecule has 2 aliphatic heterocycles. The largest absolute Gasteiger partial charge is 0.357 e. The smallest absolute Gasteiger partial charge is 0.253 e. The van der Waals surface area contributed by atoms with Gasteiger partial charge in [0.15, 0.2) is 11.6 Å². The summed E-state index contributed by atoms with van der Waals surface area (Å²) in [5.74, 6) is -0.160. The van der Waals surface area contributed by atoms with Crippen LogP contribution < -0.4 is 10.6 Å². The number of likely N-dealkylation sites (N-methyl/N-ethyl adjacent to an activating group) is 1. The highest BCUT2D eigenvalue weighted by molar-refractivity contribution is 6.28. The Hall–Kier alpha value is -3.04. The van der Waals surface area contributed by atoms with Gasteiger partial charge in [0.2, 0.25) is 5.28 Å². The van der Waals surface area contributed by atoms with Crippen LogP contribution in [0.2, 0.25) is 5.28 Å². The number of carbonyl (C=O) groups excluding carboxylic acids is 1. The average molecular weight is 440 g/mol. The number of carbonyl (C=O) groups is 1. The van der Waals surface area contributed by atoms with Crippen molar-refractivity contribution < 1.29 is 9.18 Å². The Bertz CT molecular complexity index is 1250. The van der Waals surface area contributed by atoms with Crippen LogP contribution in [0.3, 0.4) is 0 Å². The minimum atomic E-state index is -0.480. The zero-order valence-corrected chi connectivity index (χ0v) is 17.5. The van der Waals surface area contributed by atoms with E-state index in [2.05, 4.69) is 42.5 Å². The van der Waals surface area contributed by atoms with Gasteiger partial charge in [-0.05, 0) is 48.7 Å². The van der Waals surface area contributed by atoms with Gasteiger partial charge in [0.1, 0.15) is 5.82 Å². The van der Waals surface area contributed by atoms with Crippen molar-refractivity contribution in [2.75, 3.05) is 32.0 Å². The Balaban J connectivity index is 1.48. The SMILES string of the molecule is CN1CC2(CNC(=O)c3c2[nH]c2c3CCc3cnc(Nc4ccnc(Cl)n4)c(F)c3-2)C1. The molecule has 1 saturated heterocycles. The molecule has 0 radical (unpaired) electrons. The van der Waals surface area contributed by atoms with Gasteiger partial charge in [0, 0.05) is 43.3 Å². The fraction of sp³-hybridized carbons (Fsp3) is 0.333. The summed E-state index contributed by atoms with van der Waals surface area (Å²) < 4.78 is 15.7. The minimum Gasteiger partial charge on any atom is -0.357 e. The number of aryl methyl sites for hydroxylation is 1. The number of halogens is 2. The Morgan fingerprint density at radius 2 is 2.10 bits per heavy atom. The number of aromatic amines is 1. The number of rotatable bonds is 2. The molecular weight excluding hydrogens is 421 g/mol. The second-order valence-electron chi connectivity index (χ2n) is 8.52. The second-order valence-corrected chi connectivity index (χ2v) is 8.86. The molecule has 1 amide bonds. The number of nitrogens with zero attached hydrogens (tertiary/aromatic N) is 4. The summed E-state index contributed by atoms with van der Waals surface area (Å²) in [6.07, 6.45) is 4.46. The van der Waals surface area contributed by atoms with E-state index in [4.69, 9.17) is 11.6 Å². The van der Waals surface area contributed by atoms with Crippen molar-refractivity contribution in [3.8, 4) is 11.3 Å². The number of nitrogens with one attached hydrogen (secondary N) is 3. The van der Waals surface area contributed by atoms with E-state index < -0.39 is 5.82 Å². The Morgan fingerprint density at radius 3 is 2.87 bits per heavy atom. The number of likely N-dealkylation sites (tertiary alicyclic amines) is 1. The highest BCUT2D eigenvalue weighted by Crippen LogP contribution is 2.45. The summed E-state index contributed by atoms with van der Waals surface area (Å²) in [6, 6.07) is 1.59. The molecule has 3 N–H and O–H groups in total. The average Bonchev–Trinajstić information content (AvgIpc) is 3.12. The molecule has 5 heterocycles. The van der Waals surface area contributed by atoms with Gasteiger partial charge in [-0.15, -0.1) is 0 Å². The molecule has 1 spiro atoms. The van der Waals surface area contributed by atoms with Crippen LogP contribution in [0.5, 0.6) is 0 Å². The number of pyridine rings is 1. The van der Waals surface area contributed by atoms with E-state index in [1.807, 2.05) is 0 Å². The van der Waals surface area contributed by atoms with Gasteiger partial charge in [-0.3, -0.25) is 4.79 Å². The van der Waals surface area contributed by atoms with Crippen molar-refractivity contribution in [2.24, 2.45) is 0 Å². The second kappa shape index (κ2) is 6.48. The van der Waals surface area contributed by atoms with Crippen LogP contribution in [0.4, 0.5) is 16.0 Å². The summed E-state index contributed by atoms with van der Waals surface area (Å²) in [6.45, 7) is 2.30. The van der Waals surface area contributed by atoms with Gasteiger partial charge in [0.25, 0.3) is 5.91 Å². The predicted molar refractivity (Wildman–Crippen MR) is 113 cm³/mol. The number of hydrogen-bond donors (Lipinski definition) is 3. The van der Waals surface area contributed by atoms with Crippen molar-refractivity contribution in [1.82, 2.24) is 30.2 Å². The lowest BCUT2D eigenvalue weighted by atomic mass is 9.73. The third-order valence-electron chi connectivity index (χ3n) is 6.46. The number of H-pyrrole nitrogens is 1. The molecular formula is C21H19ClFN7O. The van der Waals surface area contributed by atoms with Crippen molar-refractivity contribution >= 4 is 29.1 Å². The van der Waals surface area contributed by atoms with Crippen molar-refractivity contribution in [3.05, 3.63) is 51.9 Å². The summed E-state index contributed by atoms with van der Waals surface area (Å²) in [7, 11) is 2.06. The molecule has 6 rings (SSSR count). The van der Waals surface area contributed by atoms with Crippen LogP contribution in [0, 0.1) is 5.82 Å². The fourth-order valence-electron chi connectivity index (χ4n) is 5.19. The van der Waals surface area contributed by atoms with Crippen molar-refractivity contribution in [2.45, 2.75) is 18.3 Å². The molecule has 3 aromatic heterocycles. The lowest BCUT2D eigenvalue weighted by molar-refractivity contribution is 0.0688. The van der Waals surface area contributed by atoms with Gasteiger partial charge in [-0.1, -0.05) is 0 Å². The number of aromatic nitrogens is 4. The quantitative estimate of drug-likeness (QED) is 0.530. The van der Waals surface area contributed by atoms with Crippen molar-refractivity contribution in [3.63, 3.8) is 0 Å². The first-order chi connectivity index (χ1) is 14.9. The van der Waals surface area contributed by atoms with Gasteiger partial charge in [0.05, 0.1) is 16.7 Å².